The third-order valence-corrected chi connectivity index (χ3v) is 7.23. The van der Waals surface area contributed by atoms with E-state index in [-0.39, 0.29) is 41.7 Å². The first-order valence-electron chi connectivity index (χ1n) is 12.6. The molecule has 0 aliphatic heterocycles. The summed E-state index contributed by atoms with van der Waals surface area (Å²) in [5.41, 5.74) is -0.667. The number of amides is 2. The van der Waals surface area contributed by atoms with E-state index in [9.17, 15) is 31.5 Å². The molecule has 2 aliphatic rings. The van der Waals surface area contributed by atoms with Crippen LogP contribution in [0, 0.1) is 11.3 Å². The zero-order valence-corrected chi connectivity index (χ0v) is 21.7. The molecule has 40 heavy (non-hydrogen) atoms. The van der Waals surface area contributed by atoms with E-state index in [4.69, 9.17) is 16.3 Å². The standard InChI is InChI=1S/C26H25ClF5N5O3/c27-16-4-3-14(11-34-23(39)25(5-6-25)26(30,31)32)7-17(16)35-24-36-18-8-15(22(38)33-10-13-1-2-13)20(9-19(18)37-24)40-12-21(28)29/h3-4,7-9,13,21H,1-2,5-6,10-12H2,(H,33,38)(H,34,39)(H2,35,36,37). The second-order valence-corrected chi connectivity index (χ2v) is 10.4. The average molecular weight is 586 g/mol. The fourth-order valence-electron chi connectivity index (χ4n) is 4.22. The predicted octanol–water partition coefficient (Wildman–Crippen LogP) is 5.70. The van der Waals surface area contributed by atoms with Crippen molar-refractivity contribution < 1.29 is 36.3 Å². The van der Waals surface area contributed by atoms with Crippen LogP contribution in [0.2, 0.25) is 5.02 Å². The number of ether oxygens (including phenoxy) is 1. The van der Waals surface area contributed by atoms with Gasteiger partial charge in [0.2, 0.25) is 11.9 Å². The summed E-state index contributed by atoms with van der Waals surface area (Å²) in [6.45, 7) is -0.561. The minimum Gasteiger partial charge on any atom is -0.487 e. The van der Waals surface area contributed by atoms with Gasteiger partial charge in [-0.05, 0) is 55.4 Å². The van der Waals surface area contributed by atoms with Crippen LogP contribution in [0.5, 0.6) is 5.75 Å². The van der Waals surface area contributed by atoms with Gasteiger partial charge in [-0.15, -0.1) is 0 Å². The smallest absolute Gasteiger partial charge is 0.403 e. The Labute approximate surface area is 230 Å². The highest BCUT2D eigenvalue weighted by Gasteiger charge is 2.68. The number of aromatic nitrogens is 2. The van der Waals surface area contributed by atoms with Gasteiger partial charge >= 0.3 is 6.18 Å². The third kappa shape index (κ3) is 6.08. The Morgan fingerprint density at radius 3 is 2.55 bits per heavy atom. The highest BCUT2D eigenvalue weighted by atomic mass is 35.5. The van der Waals surface area contributed by atoms with E-state index >= 15 is 0 Å². The summed E-state index contributed by atoms with van der Waals surface area (Å²) in [4.78, 5) is 32.3. The maximum absolute atomic E-state index is 13.2. The molecule has 0 unspecified atom stereocenters. The maximum Gasteiger partial charge on any atom is 0.403 e. The normalized spacial score (nSPS) is 16.2. The number of H-pyrrole nitrogens is 1. The molecule has 2 saturated carbocycles. The van der Waals surface area contributed by atoms with Crippen LogP contribution in [-0.2, 0) is 11.3 Å². The molecule has 1 aromatic heterocycles. The van der Waals surface area contributed by atoms with Crippen molar-refractivity contribution in [3.63, 3.8) is 0 Å². The number of carbonyl (C=O) groups excluding carboxylic acids is 2. The predicted molar refractivity (Wildman–Crippen MR) is 137 cm³/mol. The number of nitrogens with one attached hydrogen (secondary N) is 4. The first-order valence-corrected chi connectivity index (χ1v) is 13.0. The molecule has 2 fully saturated rings. The number of benzene rings is 2. The van der Waals surface area contributed by atoms with Crippen molar-refractivity contribution >= 4 is 46.1 Å². The molecule has 0 atom stereocenters. The van der Waals surface area contributed by atoms with Crippen LogP contribution < -0.4 is 20.7 Å². The van der Waals surface area contributed by atoms with Gasteiger partial charge in [0.1, 0.15) is 17.8 Å². The van der Waals surface area contributed by atoms with Crippen molar-refractivity contribution in [3.8, 4) is 5.75 Å². The molecule has 0 spiro atoms. The molecule has 0 radical (unpaired) electrons. The number of alkyl halides is 5. The highest BCUT2D eigenvalue weighted by molar-refractivity contribution is 6.33. The summed E-state index contributed by atoms with van der Waals surface area (Å²) in [6, 6.07) is 7.48. The largest absolute Gasteiger partial charge is 0.487 e. The Morgan fingerprint density at radius 2 is 1.90 bits per heavy atom. The molecule has 2 aromatic carbocycles. The fraction of sp³-hybridized carbons (Fsp3) is 0.423. The van der Waals surface area contributed by atoms with Crippen molar-refractivity contribution in [1.82, 2.24) is 20.6 Å². The number of hydrogen-bond donors (Lipinski definition) is 4. The molecule has 14 heteroatoms. The number of anilines is 2. The van der Waals surface area contributed by atoms with Crippen LogP contribution in [0.15, 0.2) is 30.3 Å². The van der Waals surface area contributed by atoms with E-state index < -0.39 is 36.4 Å². The number of fused-ring (bicyclic) bond motifs is 1. The summed E-state index contributed by atoms with van der Waals surface area (Å²) >= 11 is 6.29. The average Bonchev–Trinajstić information content (AvgIpc) is 3.82. The number of aromatic amines is 1. The summed E-state index contributed by atoms with van der Waals surface area (Å²) in [6.07, 6.45) is -5.77. The summed E-state index contributed by atoms with van der Waals surface area (Å²) < 4.78 is 70.4. The number of imidazole rings is 1. The Kier molecular flexibility index (Phi) is 7.51. The lowest BCUT2D eigenvalue weighted by Gasteiger charge is -2.18. The molecule has 2 amide bonds. The lowest BCUT2D eigenvalue weighted by atomic mass is 10.1. The van der Waals surface area contributed by atoms with Crippen LogP contribution in [0.4, 0.5) is 33.6 Å². The van der Waals surface area contributed by atoms with Crippen molar-refractivity contribution in [2.75, 3.05) is 18.5 Å². The molecule has 0 bridgehead atoms. The summed E-state index contributed by atoms with van der Waals surface area (Å²) in [5.74, 6) is -0.954. The van der Waals surface area contributed by atoms with Crippen molar-refractivity contribution in [2.24, 2.45) is 11.3 Å². The zero-order chi connectivity index (χ0) is 28.7. The molecule has 5 rings (SSSR count). The molecular formula is C26H25ClF5N5O3. The second-order valence-electron chi connectivity index (χ2n) is 10.0. The Bertz CT molecular complexity index is 1440. The van der Waals surface area contributed by atoms with Crippen LogP contribution in [-0.4, -0.2) is 47.5 Å². The Balaban J connectivity index is 1.33. The van der Waals surface area contributed by atoms with Crippen LogP contribution in [0.1, 0.15) is 41.6 Å². The molecule has 3 aromatic rings. The minimum atomic E-state index is -4.60. The van der Waals surface area contributed by atoms with Crippen molar-refractivity contribution in [3.05, 3.63) is 46.5 Å². The Hall–Kier alpha value is -3.61. The van der Waals surface area contributed by atoms with Gasteiger partial charge in [0.15, 0.2) is 0 Å². The molecular weight excluding hydrogens is 561 g/mol. The van der Waals surface area contributed by atoms with Crippen LogP contribution >= 0.6 is 11.6 Å². The number of halogens is 6. The molecule has 4 N–H and O–H groups in total. The number of nitrogens with zero attached hydrogens (tertiary/aromatic N) is 1. The topological polar surface area (TPSA) is 108 Å². The lowest BCUT2D eigenvalue weighted by Crippen LogP contribution is -2.40. The summed E-state index contributed by atoms with van der Waals surface area (Å²) in [7, 11) is 0. The lowest BCUT2D eigenvalue weighted by molar-refractivity contribution is -0.192. The minimum absolute atomic E-state index is 0.0284. The fourth-order valence-corrected chi connectivity index (χ4v) is 4.39. The van der Waals surface area contributed by atoms with E-state index in [0.29, 0.717) is 34.7 Å². The Morgan fingerprint density at radius 1 is 1.15 bits per heavy atom. The summed E-state index contributed by atoms with van der Waals surface area (Å²) in [5, 5.41) is 8.37. The number of carbonyl (C=O) groups is 2. The van der Waals surface area contributed by atoms with Gasteiger partial charge in [-0.3, -0.25) is 9.59 Å². The molecule has 214 valence electrons. The van der Waals surface area contributed by atoms with Gasteiger partial charge < -0.3 is 25.7 Å². The molecule has 1 heterocycles. The van der Waals surface area contributed by atoms with Gasteiger partial charge in [0.05, 0.1) is 27.3 Å². The quantitative estimate of drug-likeness (QED) is 0.216. The zero-order valence-electron chi connectivity index (χ0n) is 20.9. The van der Waals surface area contributed by atoms with Gasteiger partial charge in [-0.2, -0.15) is 13.2 Å². The molecule has 0 saturated heterocycles. The molecule has 2 aliphatic carbocycles. The van der Waals surface area contributed by atoms with Crippen LogP contribution in [0.25, 0.3) is 11.0 Å². The molecule has 8 nitrogen and oxygen atoms in total. The van der Waals surface area contributed by atoms with Gasteiger partial charge in [-0.25, -0.2) is 13.8 Å². The number of hydrogen-bond acceptors (Lipinski definition) is 5. The second kappa shape index (κ2) is 10.8. The van der Waals surface area contributed by atoms with Gasteiger partial charge in [-0.1, -0.05) is 17.7 Å². The van der Waals surface area contributed by atoms with E-state index in [1.807, 2.05) is 0 Å². The van der Waals surface area contributed by atoms with Gasteiger partial charge in [0.25, 0.3) is 12.3 Å². The number of rotatable bonds is 11. The monoisotopic (exact) mass is 585 g/mol. The van der Waals surface area contributed by atoms with Gasteiger partial charge in [0, 0.05) is 19.2 Å². The van der Waals surface area contributed by atoms with E-state index in [1.165, 1.54) is 18.2 Å². The van der Waals surface area contributed by atoms with E-state index in [1.54, 1.807) is 12.1 Å². The van der Waals surface area contributed by atoms with Crippen molar-refractivity contribution in [1.29, 1.82) is 0 Å². The van der Waals surface area contributed by atoms with Crippen molar-refractivity contribution in [2.45, 2.75) is 44.8 Å². The first-order chi connectivity index (χ1) is 18.9. The van der Waals surface area contributed by atoms with E-state index in [0.717, 1.165) is 12.8 Å². The maximum atomic E-state index is 13.2. The SMILES string of the molecule is O=C(NCC1CC1)c1cc2nc(Nc3cc(CNC(=O)C4(C(F)(F)F)CC4)ccc3Cl)[nH]c2cc1OCC(F)F. The van der Waals surface area contributed by atoms with Crippen LogP contribution in [0.3, 0.4) is 0 Å². The van der Waals surface area contributed by atoms with E-state index in [2.05, 4.69) is 25.9 Å². The first kappa shape index (κ1) is 27.9. The third-order valence-electron chi connectivity index (χ3n) is 6.91. The highest BCUT2D eigenvalue weighted by Crippen LogP contribution is 2.57.